The minimum absolute atomic E-state index is 0.0761. The number of nitrogens with zero attached hydrogens (tertiary/aromatic N) is 2. The van der Waals surface area contributed by atoms with Gasteiger partial charge in [-0.1, -0.05) is 18.2 Å². The van der Waals surface area contributed by atoms with Crippen molar-refractivity contribution in [3.63, 3.8) is 0 Å². The lowest BCUT2D eigenvalue weighted by molar-refractivity contribution is 0.0697. The second-order valence-corrected chi connectivity index (χ2v) is 6.66. The molecule has 1 saturated heterocycles. The van der Waals surface area contributed by atoms with E-state index in [9.17, 15) is 9.59 Å². The topological polar surface area (TPSA) is 82.5 Å². The van der Waals surface area contributed by atoms with Gasteiger partial charge in [-0.05, 0) is 55.0 Å². The van der Waals surface area contributed by atoms with Gasteiger partial charge >= 0.3 is 12.0 Å². The van der Waals surface area contributed by atoms with Crippen molar-refractivity contribution in [1.29, 1.82) is 0 Å². The molecule has 2 aromatic rings. The molecule has 1 fully saturated rings. The monoisotopic (exact) mass is 353 g/mol. The van der Waals surface area contributed by atoms with Gasteiger partial charge in [0.05, 0.1) is 5.56 Å². The lowest BCUT2D eigenvalue weighted by Crippen LogP contribution is -2.43. The first-order valence-corrected chi connectivity index (χ1v) is 8.80. The number of aryl methyl sites for hydroxylation is 1. The highest BCUT2D eigenvalue weighted by Gasteiger charge is 2.23. The van der Waals surface area contributed by atoms with E-state index in [4.69, 9.17) is 5.11 Å². The molecule has 1 aliphatic rings. The van der Waals surface area contributed by atoms with Gasteiger partial charge in [-0.2, -0.15) is 0 Å². The Kier molecular flexibility index (Phi) is 5.51. The maximum atomic E-state index is 12.3. The summed E-state index contributed by atoms with van der Waals surface area (Å²) in [6.07, 6.45) is 3.81. The first-order chi connectivity index (χ1) is 12.5. The number of carboxylic acid groups (broad SMARTS) is 1. The summed E-state index contributed by atoms with van der Waals surface area (Å²) in [4.78, 5) is 29.4. The van der Waals surface area contributed by atoms with Gasteiger partial charge < -0.3 is 15.3 Å². The van der Waals surface area contributed by atoms with Gasteiger partial charge in [0.2, 0.25) is 0 Å². The Hall–Kier alpha value is -2.89. The smallest absolute Gasteiger partial charge is 0.335 e. The average Bonchev–Trinajstić information content (AvgIpc) is 2.67. The predicted molar refractivity (Wildman–Crippen MR) is 98.2 cm³/mol. The summed E-state index contributed by atoms with van der Waals surface area (Å²) >= 11 is 0. The largest absolute Gasteiger partial charge is 0.478 e. The number of carbonyl (C=O) groups excluding carboxylic acids is 1. The van der Waals surface area contributed by atoms with Gasteiger partial charge in [-0.15, -0.1) is 0 Å². The molecule has 2 amide bonds. The van der Waals surface area contributed by atoms with E-state index in [1.165, 1.54) is 5.56 Å². The fraction of sp³-hybridized carbons (Fsp3) is 0.350. The Morgan fingerprint density at radius 2 is 1.85 bits per heavy atom. The van der Waals surface area contributed by atoms with Crippen molar-refractivity contribution in [3.8, 4) is 0 Å². The van der Waals surface area contributed by atoms with Crippen molar-refractivity contribution in [2.75, 3.05) is 13.1 Å². The number of piperidine rings is 1. The first kappa shape index (κ1) is 17.9. The van der Waals surface area contributed by atoms with Crippen molar-refractivity contribution in [3.05, 3.63) is 65.0 Å². The summed E-state index contributed by atoms with van der Waals surface area (Å²) in [6, 6.07) is 10.6. The van der Waals surface area contributed by atoms with E-state index in [-0.39, 0.29) is 11.6 Å². The number of aromatic nitrogens is 1. The molecule has 0 saturated carbocycles. The van der Waals surface area contributed by atoms with Crippen LogP contribution in [0.3, 0.4) is 0 Å². The maximum absolute atomic E-state index is 12.3. The maximum Gasteiger partial charge on any atom is 0.335 e. The number of likely N-dealkylation sites (tertiary alicyclic amines) is 1. The molecule has 3 rings (SSSR count). The van der Waals surface area contributed by atoms with Gasteiger partial charge in [0, 0.05) is 31.5 Å². The van der Waals surface area contributed by atoms with E-state index in [0.717, 1.165) is 37.2 Å². The van der Waals surface area contributed by atoms with Crippen molar-refractivity contribution in [1.82, 2.24) is 15.2 Å². The van der Waals surface area contributed by atoms with Crippen LogP contribution in [0.4, 0.5) is 4.79 Å². The lowest BCUT2D eigenvalue weighted by Gasteiger charge is -2.32. The number of benzene rings is 1. The number of nitrogens with one attached hydrogen (secondary N) is 1. The molecule has 0 radical (unpaired) electrons. The van der Waals surface area contributed by atoms with Crippen LogP contribution in [-0.4, -0.2) is 40.1 Å². The average molecular weight is 353 g/mol. The zero-order valence-electron chi connectivity index (χ0n) is 14.8. The number of urea groups is 1. The molecule has 1 aromatic heterocycles. The van der Waals surface area contributed by atoms with E-state index in [2.05, 4.69) is 16.4 Å². The summed E-state index contributed by atoms with van der Waals surface area (Å²) in [5.74, 6) is -0.497. The summed E-state index contributed by atoms with van der Waals surface area (Å²) in [5.41, 5.74) is 3.38. The molecule has 0 spiro atoms. The number of hydrogen-bond donors (Lipinski definition) is 2. The molecule has 1 aliphatic heterocycles. The van der Waals surface area contributed by atoms with Crippen molar-refractivity contribution in [2.45, 2.75) is 32.2 Å². The third-order valence-corrected chi connectivity index (χ3v) is 4.83. The van der Waals surface area contributed by atoms with E-state index in [1.54, 1.807) is 24.3 Å². The minimum Gasteiger partial charge on any atom is -0.478 e. The summed E-state index contributed by atoms with van der Waals surface area (Å²) in [5, 5.41) is 11.8. The Labute approximate surface area is 152 Å². The summed E-state index contributed by atoms with van der Waals surface area (Å²) < 4.78 is 0. The van der Waals surface area contributed by atoms with E-state index < -0.39 is 5.97 Å². The van der Waals surface area contributed by atoms with Gasteiger partial charge in [-0.25, -0.2) is 9.59 Å². The number of carbonyl (C=O) groups is 2. The SMILES string of the molecule is Cc1ccc(C2CCN(C(=O)NCc3ccc(C(=O)O)cc3)CC2)cn1. The molecule has 0 atom stereocenters. The number of amides is 2. The van der Waals surface area contributed by atoms with Crippen LogP contribution in [0.5, 0.6) is 0 Å². The van der Waals surface area contributed by atoms with Crippen molar-refractivity contribution in [2.24, 2.45) is 0 Å². The number of carboxylic acids is 1. The molecule has 136 valence electrons. The molecule has 26 heavy (non-hydrogen) atoms. The van der Waals surface area contributed by atoms with Crippen LogP contribution in [0, 0.1) is 6.92 Å². The third-order valence-electron chi connectivity index (χ3n) is 4.83. The van der Waals surface area contributed by atoms with Crippen molar-refractivity contribution >= 4 is 12.0 Å². The minimum atomic E-state index is -0.952. The van der Waals surface area contributed by atoms with Crippen LogP contribution in [0.25, 0.3) is 0 Å². The normalized spacial score (nSPS) is 14.9. The highest BCUT2D eigenvalue weighted by atomic mass is 16.4. The summed E-state index contributed by atoms with van der Waals surface area (Å²) in [6.45, 7) is 3.82. The fourth-order valence-electron chi connectivity index (χ4n) is 3.19. The second kappa shape index (κ2) is 7.99. The van der Waals surface area contributed by atoms with Crippen LogP contribution >= 0.6 is 0 Å². The Morgan fingerprint density at radius 1 is 1.15 bits per heavy atom. The molecule has 6 heteroatoms. The highest BCUT2D eigenvalue weighted by Crippen LogP contribution is 2.27. The quantitative estimate of drug-likeness (QED) is 0.884. The Morgan fingerprint density at radius 3 is 2.42 bits per heavy atom. The van der Waals surface area contributed by atoms with E-state index >= 15 is 0 Å². The van der Waals surface area contributed by atoms with Crippen molar-refractivity contribution < 1.29 is 14.7 Å². The molecule has 0 aliphatic carbocycles. The molecule has 0 bridgehead atoms. The van der Waals surface area contributed by atoms with Gasteiger partial charge in [0.1, 0.15) is 0 Å². The Balaban J connectivity index is 1.47. The van der Waals surface area contributed by atoms with Gasteiger partial charge in [0.25, 0.3) is 0 Å². The molecule has 1 aromatic carbocycles. The first-order valence-electron chi connectivity index (χ1n) is 8.80. The molecule has 2 N–H and O–H groups in total. The number of hydrogen-bond acceptors (Lipinski definition) is 3. The molecule has 6 nitrogen and oxygen atoms in total. The zero-order valence-corrected chi connectivity index (χ0v) is 14.8. The van der Waals surface area contributed by atoms with Gasteiger partial charge in [0.15, 0.2) is 0 Å². The van der Waals surface area contributed by atoms with Crippen LogP contribution in [0.2, 0.25) is 0 Å². The lowest BCUT2D eigenvalue weighted by atomic mass is 9.90. The van der Waals surface area contributed by atoms with Crippen LogP contribution in [-0.2, 0) is 6.54 Å². The fourth-order valence-corrected chi connectivity index (χ4v) is 3.19. The van der Waals surface area contributed by atoms with Crippen LogP contribution < -0.4 is 5.32 Å². The summed E-state index contributed by atoms with van der Waals surface area (Å²) in [7, 11) is 0. The second-order valence-electron chi connectivity index (χ2n) is 6.66. The van der Waals surface area contributed by atoms with E-state index in [1.807, 2.05) is 24.1 Å². The molecular weight excluding hydrogens is 330 g/mol. The van der Waals surface area contributed by atoms with Crippen LogP contribution in [0.1, 0.15) is 45.9 Å². The third kappa shape index (κ3) is 4.39. The molecule has 0 unspecified atom stereocenters. The van der Waals surface area contributed by atoms with E-state index in [0.29, 0.717) is 12.5 Å². The zero-order chi connectivity index (χ0) is 18.5. The molecule has 2 heterocycles. The number of pyridine rings is 1. The number of rotatable bonds is 4. The molecular formula is C20H23N3O3. The highest BCUT2D eigenvalue weighted by molar-refractivity contribution is 5.87. The van der Waals surface area contributed by atoms with Gasteiger partial charge in [-0.3, -0.25) is 4.98 Å². The standard InChI is InChI=1S/C20H23N3O3/c1-14-2-5-18(13-21-14)16-8-10-23(11-9-16)20(26)22-12-15-3-6-17(7-4-15)19(24)25/h2-7,13,16H,8-12H2,1H3,(H,22,26)(H,24,25). The predicted octanol–water partition coefficient (Wildman–Crippen LogP) is 3.18. The van der Waals surface area contributed by atoms with Crippen LogP contribution in [0.15, 0.2) is 42.6 Å². The number of aromatic carboxylic acids is 1. The Bertz CT molecular complexity index is 764.